The van der Waals surface area contributed by atoms with Gasteiger partial charge in [-0.1, -0.05) is 6.08 Å². The van der Waals surface area contributed by atoms with Crippen LogP contribution in [-0.2, 0) is 14.4 Å². The summed E-state index contributed by atoms with van der Waals surface area (Å²) in [6.07, 6.45) is 2.10. The minimum Gasteiger partial charge on any atom is -0.331 e. The minimum atomic E-state index is -0.0133. The summed E-state index contributed by atoms with van der Waals surface area (Å²) in [4.78, 5) is 26.5. The van der Waals surface area contributed by atoms with Gasteiger partial charge in [0.05, 0.1) is 0 Å². The lowest BCUT2D eigenvalue weighted by Crippen LogP contribution is -2.16. The molecule has 0 aliphatic rings. The van der Waals surface area contributed by atoms with Crippen molar-refractivity contribution in [3.8, 4) is 0 Å². The first-order valence-electron chi connectivity index (χ1n) is 2.98. The van der Waals surface area contributed by atoms with Gasteiger partial charge in [-0.05, 0) is 13.8 Å². The van der Waals surface area contributed by atoms with Gasteiger partial charge >= 0.3 is 6.15 Å². The van der Waals surface area contributed by atoms with Gasteiger partial charge in [-0.3, -0.25) is 4.79 Å². The van der Waals surface area contributed by atoms with Gasteiger partial charge in [0.2, 0.25) is 5.91 Å². The summed E-state index contributed by atoms with van der Waals surface area (Å²) in [5, 5.41) is 2.61. The Hall–Kier alpha value is -1.41. The highest BCUT2D eigenvalue weighted by Gasteiger charge is 1.87. The van der Waals surface area contributed by atoms with E-state index in [9.17, 15) is 4.79 Å². The Bertz CT molecular complexity index is 178. The molecule has 11 heavy (non-hydrogen) atoms. The smallest absolute Gasteiger partial charge is 0.331 e. The van der Waals surface area contributed by atoms with E-state index in [0.29, 0.717) is 0 Å². The maximum atomic E-state index is 10.3. The molecule has 0 heterocycles. The van der Waals surface area contributed by atoms with E-state index < -0.39 is 0 Å². The van der Waals surface area contributed by atoms with Crippen molar-refractivity contribution >= 4 is 12.1 Å². The van der Waals surface area contributed by atoms with E-state index in [1.165, 1.54) is 6.92 Å². The third kappa shape index (κ3) is 17.7. The van der Waals surface area contributed by atoms with Crippen LogP contribution in [0.2, 0.25) is 0 Å². The quantitative estimate of drug-likeness (QED) is 0.601. The van der Waals surface area contributed by atoms with Crippen LogP contribution in [0.5, 0.6) is 0 Å². The zero-order valence-corrected chi connectivity index (χ0v) is 6.80. The van der Waals surface area contributed by atoms with Crippen LogP contribution in [-0.4, -0.2) is 12.1 Å². The molecular formula is C7H11NO3. The van der Waals surface area contributed by atoms with E-state index in [1.54, 1.807) is 0 Å². The van der Waals surface area contributed by atoms with Gasteiger partial charge < -0.3 is 5.32 Å². The second-order valence-electron chi connectivity index (χ2n) is 1.74. The van der Waals surface area contributed by atoms with Crippen molar-refractivity contribution in [3.05, 3.63) is 11.8 Å². The van der Waals surface area contributed by atoms with Crippen LogP contribution < -0.4 is 5.32 Å². The van der Waals surface area contributed by atoms with Gasteiger partial charge in [-0.2, -0.15) is 9.59 Å². The average Bonchev–Trinajstić information content (AvgIpc) is 1.88. The Morgan fingerprint density at radius 1 is 1.36 bits per heavy atom. The van der Waals surface area contributed by atoms with Crippen LogP contribution in [0.25, 0.3) is 0 Å². The SMILES string of the molecule is C/C=C(\C)NC(C)=O.O=C=O. The largest absolute Gasteiger partial charge is 0.373 e. The van der Waals surface area contributed by atoms with Crippen molar-refractivity contribution in [2.75, 3.05) is 0 Å². The first kappa shape index (κ1) is 12.3. The molecule has 0 bridgehead atoms. The number of hydrogen-bond acceptors (Lipinski definition) is 3. The monoisotopic (exact) mass is 157 g/mol. The molecule has 1 amide bonds. The number of amides is 1. The topological polar surface area (TPSA) is 63.2 Å². The molecule has 0 saturated heterocycles. The summed E-state index contributed by atoms with van der Waals surface area (Å²) in [5.41, 5.74) is 0.900. The predicted octanol–water partition coefficient (Wildman–Crippen LogP) is 0.463. The Morgan fingerprint density at radius 2 is 1.73 bits per heavy atom. The summed E-state index contributed by atoms with van der Waals surface area (Å²) < 4.78 is 0. The molecule has 0 aromatic heterocycles. The van der Waals surface area contributed by atoms with Gasteiger partial charge in [-0.15, -0.1) is 0 Å². The molecule has 4 heteroatoms. The summed E-state index contributed by atoms with van der Waals surface area (Å²) in [6, 6.07) is 0. The number of allylic oxidation sites excluding steroid dienone is 2. The first-order valence-corrected chi connectivity index (χ1v) is 2.98. The van der Waals surface area contributed by atoms with E-state index in [4.69, 9.17) is 9.59 Å². The summed E-state index contributed by atoms with van der Waals surface area (Å²) in [6.45, 7) is 5.22. The molecule has 0 spiro atoms. The predicted molar refractivity (Wildman–Crippen MR) is 38.3 cm³/mol. The van der Waals surface area contributed by atoms with Gasteiger partial charge in [0.15, 0.2) is 0 Å². The third-order valence-electron chi connectivity index (χ3n) is 0.806. The van der Waals surface area contributed by atoms with Crippen molar-refractivity contribution in [1.82, 2.24) is 5.32 Å². The van der Waals surface area contributed by atoms with Gasteiger partial charge in [0, 0.05) is 12.6 Å². The fraction of sp³-hybridized carbons (Fsp3) is 0.429. The Labute approximate surface area is 65.3 Å². The third-order valence-corrected chi connectivity index (χ3v) is 0.806. The van der Waals surface area contributed by atoms with Crippen molar-refractivity contribution in [3.63, 3.8) is 0 Å². The molecule has 62 valence electrons. The van der Waals surface area contributed by atoms with Crippen LogP contribution in [0.15, 0.2) is 11.8 Å². The molecule has 0 aromatic rings. The standard InChI is InChI=1S/C6H11NO.CO2/c1-4-5(2)7-6(3)8;2-1-3/h4H,1-3H3,(H,7,8);/b5-4+;. The van der Waals surface area contributed by atoms with Gasteiger partial charge in [0.1, 0.15) is 0 Å². The number of carbonyl (C=O) groups excluding carboxylic acids is 3. The average molecular weight is 157 g/mol. The lowest BCUT2D eigenvalue weighted by Gasteiger charge is -1.96. The zero-order valence-electron chi connectivity index (χ0n) is 6.80. The molecule has 0 aromatic carbocycles. The zero-order chi connectivity index (χ0) is 9.28. The second-order valence-corrected chi connectivity index (χ2v) is 1.74. The lowest BCUT2D eigenvalue weighted by atomic mass is 10.4. The molecule has 0 atom stereocenters. The van der Waals surface area contributed by atoms with Gasteiger partial charge in [0.25, 0.3) is 0 Å². The van der Waals surface area contributed by atoms with Crippen molar-refractivity contribution in [1.29, 1.82) is 0 Å². The summed E-state index contributed by atoms with van der Waals surface area (Å²) in [5.74, 6) is -0.0133. The molecule has 1 N–H and O–H groups in total. The second kappa shape index (κ2) is 8.59. The number of carbonyl (C=O) groups is 1. The highest BCUT2D eigenvalue weighted by Crippen LogP contribution is 1.82. The van der Waals surface area contributed by atoms with E-state index in [2.05, 4.69) is 5.32 Å². The van der Waals surface area contributed by atoms with Crippen molar-refractivity contribution < 1.29 is 14.4 Å². The minimum absolute atomic E-state index is 0.0133. The number of rotatable bonds is 1. The lowest BCUT2D eigenvalue weighted by molar-refractivity contribution is -0.191. The van der Waals surface area contributed by atoms with Crippen LogP contribution in [0.4, 0.5) is 0 Å². The summed E-state index contributed by atoms with van der Waals surface area (Å²) in [7, 11) is 0. The van der Waals surface area contributed by atoms with Crippen LogP contribution in [0.3, 0.4) is 0 Å². The van der Waals surface area contributed by atoms with Crippen LogP contribution in [0.1, 0.15) is 20.8 Å². The fourth-order valence-electron chi connectivity index (χ4n) is 0.350. The van der Waals surface area contributed by atoms with E-state index >= 15 is 0 Å². The molecule has 0 aliphatic heterocycles. The van der Waals surface area contributed by atoms with Crippen molar-refractivity contribution in [2.45, 2.75) is 20.8 Å². The van der Waals surface area contributed by atoms with E-state index in [-0.39, 0.29) is 12.1 Å². The van der Waals surface area contributed by atoms with Crippen molar-refractivity contribution in [2.24, 2.45) is 0 Å². The molecular weight excluding hydrogens is 146 g/mol. The van der Waals surface area contributed by atoms with Gasteiger partial charge in [-0.25, -0.2) is 0 Å². The van der Waals surface area contributed by atoms with Crippen LogP contribution >= 0.6 is 0 Å². The number of nitrogens with one attached hydrogen (secondary N) is 1. The van der Waals surface area contributed by atoms with Crippen LogP contribution in [0, 0.1) is 0 Å². The van der Waals surface area contributed by atoms with E-state index in [0.717, 1.165) is 5.70 Å². The maximum Gasteiger partial charge on any atom is 0.373 e. The Kier molecular flexibility index (Phi) is 9.59. The molecule has 0 unspecified atom stereocenters. The number of hydrogen-bond donors (Lipinski definition) is 1. The highest BCUT2D eigenvalue weighted by molar-refractivity contribution is 5.74. The summed E-state index contributed by atoms with van der Waals surface area (Å²) >= 11 is 0. The molecule has 0 aliphatic carbocycles. The maximum absolute atomic E-state index is 10.3. The molecule has 0 saturated carbocycles. The first-order chi connectivity index (χ1) is 5.08. The molecule has 0 rings (SSSR count). The molecule has 0 fully saturated rings. The normalized spacial score (nSPS) is 8.82. The fourth-order valence-corrected chi connectivity index (χ4v) is 0.350. The Balaban J connectivity index is 0. The van der Waals surface area contributed by atoms with E-state index in [1.807, 2.05) is 19.9 Å². The molecule has 4 nitrogen and oxygen atoms in total. The molecule has 0 radical (unpaired) electrons. The Morgan fingerprint density at radius 3 is 1.82 bits per heavy atom. The highest BCUT2D eigenvalue weighted by atomic mass is 16.2.